The SMILES string of the molecule is O=C(NCc1ccccc1)c1nnc2n1C[C@H]1CN(Cc3nccs3)C[C@H]1C2. The molecule has 0 unspecified atom stereocenters. The highest BCUT2D eigenvalue weighted by Gasteiger charge is 2.39. The average molecular weight is 395 g/mol. The maximum Gasteiger partial charge on any atom is 0.289 e. The second-order valence-electron chi connectivity index (χ2n) is 7.56. The van der Waals surface area contributed by atoms with Crippen LogP contribution in [0.5, 0.6) is 0 Å². The zero-order valence-electron chi connectivity index (χ0n) is 15.5. The van der Waals surface area contributed by atoms with Gasteiger partial charge >= 0.3 is 0 Å². The van der Waals surface area contributed by atoms with Crippen LogP contribution in [0.3, 0.4) is 0 Å². The van der Waals surface area contributed by atoms with Crippen molar-refractivity contribution in [3.05, 3.63) is 64.1 Å². The van der Waals surface area contributed by atoms with E-state index < -0.39 is 0 Å². The number of benzene rings is 1. The summed E-state index contributed by atoms with van der Waals surface area (Å²) in [5, 5.41) is 14.7. The van der Waals surface area contributed by atoms with E-state index in [9.17, 15) is 4.79 Å². The van der Waals surface area contributed by atoms with Crippen LogP contribution in [-0.2, 0) is 26.1 Å². The number of fused-ring (bicyclic) bond motifs is 2. The van der Waals surface area contributed by atoms with Crippen LogP contribution in [0.2, 0.25) is 0 Å². The van der Waals surface area contributed by atoms with E-state index in [4.69, 9.17) is 0 Å². The van der Waals surface area contributed by atoms with Crippen LogP contribution in [-0.4, -0.2) is 43.6 Å². The summed E-state index contributed by atoms with van der Waals surface area (Å²) < 4.78 is 2.02. The van der Waals surface area contributed by atoms with E-state index in [2.05, 4.69) is 25.4 Å². The normalized spacial score (nSPS) is 21.3. The van der Waals surface area contributed by atoms with Crippen molar-refractivity contribution in [1.29, 1.82) is 0 Å². The summed E-state index contributed by atoms with van der Waals surface area (Å²) in [6.07, 6.45) is 2.75. The first-order chi connectivity index (χ1) is 13.8. The predicted octanol–water partition coefficient (Wildman–Crippen LogP) is 1.97. The summed E-state index contributed by atoms with van der Waals surface area (Å²) in [5.74, 6) is 2.32. The lowest BCUT2D eigenvalue weighted by Crippen LogP contribution is -2.32. The maximum absolute atomic E-state index is 12.7. The number of nitrogens with one attached hydrogen (secondary N) is 1. The Morgan fingerprint density at radius 1 is 1.14 bits per heavy atom. The van der Waals surface area contributed by atoms with Gasteiger partial charge in [-0.15, -0.1) is 21.5 Å². The van der Waals surface area contributed by atoms with Gasteiger partial charge in [-0.3, -0.25) is 9.69 Å². The fourth-order valence-corrected chi connectivity index (χ4v) is 4.96. The standard InChI is InChI=1S/C20H22N6OS/c27-20(22-9-14-4-2-1-3-5-14)19-24-23-17-8-15-10-25(11-16(15)12-26(17)19)13-18-21-6-7-28-18/h1-7,15-16H,8-13H2,(H,22,27)/t15-,16-/m1/s1. The Morgan fingerprint density at radius 3 is 2.82 bits per heavy atom. The molecule has 0 aliphatic carbocycles. The number of carbonyl (C=O) groups is 1. The van der Waals surface area contributed by atoms with Crippen molar-refractivity contribution in [2.45, 2.75) is 26.1 Å². The summed E-state index contributed by atoms with van der Waals surface area (Å²) in [6, 6.07) is 9.91. The predicted molar refractivity (Wildman–Crippen MR) is 106 cm³/mol. The fraction of sp³-hybridized carbons (Fsp3) is 0.400. The van der Waals surface area contributed by atoms with Gasteiger partial charge in [-0.05, 0) is 17.4 Å². The van der Waals surface area contributed by atoms with Gasteiger partial charge in [0.2, 0.25) is 5.82 Å². The molecule has 0 radical (unpaired) electrons. The van der Waals surface area contributed by atoms with E-state index in [0.717, 1.165) is 44.0 Å². The summed E-state index contributed by atoms with van der Waals surface area (Å²) in [7, 11) is 0. The minimum Gasteiger partial charge on any atom is -0.345 e. The molecule has 0 spiro atoms. The van der Waals surface area contributed by atoms with E-state index in [-0.39, 0.29) is 5.91 Å². The lowest BCUT2D eigenvalue weighted by atomic mass is 9.89. The lowest BCUT2D eigenvalue weighted by molar-refractivity contribution is 0.0932. The van der Waals surface area contributed by atoms with E-state index in [1.165, 1.54) is 5.01 Å². The van der Waals surface area contributed by atoms with Crippen molar-refractivity contribution in [1.82, 2.24) is 30.0 Å². The van der Waals surface area contributed by atoms with Crippen molar-refractivity contribution in [2.75, 3.05) is 13.1 Å². The highest BCUT2D eigenvalue weighted by Crippen LogP contribution is 2.33. The molecular weight excluding hydrogens is 372 g/mol. The lowest BCUT2D eigenvalue weighted by Gasteiger charge is -2.25. The number of hydrogen-bond acceptors (Lipinski definition) is 6. The van der Waals surface area contributed by atoms with Gasteiger partial charge in [0, 0.05) is 44.2 Å². The molecule has 2 aliphatic heterocycles. The Hall–Kier alpha value is -2.58. The van der Waals surface area contributed by atoms with Crippen molar-refractivity contribution in [2.24, 2.45) is 11.8 Å². The first-order valence-corrected chi connectivity index (χ1v) is 10.5. The maximum atomic E-state index is 12.7. The van der Waals surface area contributed by atoms with Crippen LogP contribution in [0.1, 0.15) is 27.0 Å². The van der Waals surface area contributed by atoms with Gasteiger partial charge in [0.25, 0.3) is 5.91 Å². The number of rotatable bonds is 5. The molecular formula is C20H22N6OS. The summed E-state index contributed by atoms with van der Waals surface area (Å²) in [5.41, 5.74) is 1.07. The summed E-state index contributed by atoms with van der Waals surface area (Å²) in [6.45, 7) is 4.32. The van der Waals surface area contributed by atoms with Gasteiger partial charge in [0.1, 0.15) is 10.8 Å². The van der Waals surface area contributed by atoms with Crippen molar-refractivity contribution in [3.63, 3.8) is 0 Å². The zero-order valence-corrected chi connectivity index (χ0v) is 16.3. The zero-order chi connectivity index (χ0) is 18.9. The quantitative estimate of drug-likeness (QED) is 0.716. The molecule has 0 bridgehead atoms. The smallest absolute Gasteiger partial charge is 0.289 e. The second-order valence-corrected chi connectivity index (χ2v) is 8.54. The number of likely N-dealkylation sites (tertiary alicyclic amines) is 1. The molecule has 8 heteroatoms. The number of carbonyl (C=O) groups excluding carboxylic acids is 1. The number of thiazole rings is 1. The third-order valence-corrected chi connectivity index (χ3v) is 6.45. The van der Waals surface area contributed by atoms with Crippen LogP contribution in [0.25, 0.3) is 0 Å². The molecule has 3 aromatic rings. The van der Waals surface area contributed by atoms with E-state index in [0.29, 0.717) is 24.2 Å². The molecule has 5 rings (SSSR count). The molecule has 144 valence electrons. The molecule has 1 fully saturated rings. The Morgan fingerprint density at radius 2 is 2.00 bits per heavy atom. The van der Waals surface area contributed by atoms with E-state index in [1.54, 1.807) is 11.3 Å². The minimum absolute atomic E-state index is 0.154. The summed E-state index contributed by atoms with van der Waals surface area (Å²) >= 11 is 1.71. The Bertz CT molecular complexity index is 955. The number of nitrogens with zero attached hydrogens (tertiary/aromatic N) is 5. The van der Waals surface area contributed by atoms with Gasteiger partial charge < -0.3 is 9.88 Å². The van der Waals surface area contributed by atoms with Gasteiger partial charge in [0.15, 0.2) is 0 Å². The molecule has 0 saturated carbocycles. The molecule has 2 aliphatic rings. The van der Waals surface area contributed by atoms with Crippen LogP contribution in [0.15, 0.2) is 41.9 Å². The third-order valence-electron chi connectivity index (χ3n) is 5.68. The number of amides is 1. The van der Waals surface area contributed by atoms with Crippen LogP contribution in [0, 0.1) is 11.8 Å². The van der Waals surface area contributed by atoms with Crippen LogP contribution < -0.4 is 5.32 Å². The molecule has 1 saturated heterocycles. The second kappa shape index (κ2) is 7.44. The number of hydrogen-bond donors (Lipinski definition) is 1. The van der Waals surface area contributed by atoms with Gasteiger partial charge in [-0.25, -0.2) is 4.98 Å². The van der Waals surface area contributed by atoms with Crippen molar-refractivity contribution >= 4 is 17.2 Å². The topological polar surface area (TPSA) is 75.9 Å². The summed E-state index contributed by atoms with van der Waals surface area (Å²) in [4.78, 5) is 19.5. The molecule has 2 atom stereocenters. The number of aromatic nitrogens is 4. The van der Waals surface area contributed by atoms with Crippen LogP contribution >= 0.6 is 11.3 Å². The van der Waals surface area contributed by atoms with E-state index in [1.807, 2.05) is 46.5 Å². The minimum atomic E-state index is -0.154. The molecule has 1 aromatic carbocycles. The molecule has 7 nitrogen and oxygen atoms in total. The molecule has 1 amide bonds. The van der Waals surface area contributed by atoms with Gasteiger partial charge in [-0.2, -0.15) is 0 Å². The third kappa shape index (κ3) is 3.45. The first kappa shape index (κ1) is 17.5. The van der Waals surface area contributed by atoms with E-state index >= 15 is 0 Å². The molecule has 28 heavy (non-hydrogen) atoms. The van der Waals surface area contributed by atoms with Crippen molar-refractivity contribution in [3.8, 4) is 0 Å². The van der Waals surface area contributed by atoms with Crippen molar-refractivity contribution < 1.29 is 4.79 Å². The van der Waals surface area contributed by atoms with Gasteiger partial charge in [0.05, 0.1) is 6.54 Å². The monoisotopic (exact) mass is 394 g/mol. The Balaban J connectivity index is 1.25. The van der Waals surface area contributed by atoms with Crippen LogP contribution in [0.4, 0.5) is 0 Å². The Kier molecular flexibility index (Phi) is 4.66. The Labute approximate surface area is 167 Å². The largest absolute Gasteiger partial charge is 0.345 e. The molecule has 4 heterocycles. The highest BCUT2D eigenvalue weighted by atomic mass is 32.1. The molecule has 1 N–H and O–H groups in total. The van der Waals surface area contributed by atoms with Gasteiger partial charge in [-0.1, -0.05) is 30.3 Å². The first-order valence-electron chi connectivity index (χ1n) is 9.61. The highest BCUT2D eigenvalue weighted by molar-refractivity contribution is 7.09. The average Bonchev–Trinajstić information content (AvgIpc) is 3.44. The fourth-order valence-electron chi connectivity index (χ4n) is 4.30. The molecule has 2 aromatic heterocycles.